The molecule has 0 saturated heterocycles. The molecule has 5 heteroatoms. The third-order valence-corrected chi connectivity index (χ3v) is 1.02. The Labute approximate surface area is 62.2 Å². The van der Waals surface area contributed by atoms with E-state index >= 15 is 0 Å². The average molecular weight is 154 g/mol. The first kappa shape index (κ1) is 7.33. The molecule has 1 rings (SSSR count). The van der Waals surface area contributed by atoms with Crippen LogP contribution in [-0.2, 0) is 0 Å². The molecule has 0 atom stereocenters. The Bertz CT molecular complexity index is 251. The molecule has 0 radical (unpaired) electrons. The molecule has 0 spiro atoms. The first-order valence-corrected chi connectivity index (χ1v) is 2.81. The third-order valence-electron chi connectivity index (χ3n) is 1.02. The van der Waals surface area contributed by atoms with Gasteiger partial charge in [-0.3, -0.25) is 0 Å². The summed E-state index contributed by atoms with van der Waals surface area (Å²) in [6, 6.07) is 3.16. The van der Waals surface area contributed by atoms with Gasteiger partial charge in [0.15, 0.2) is 0 Å². The molecule has 0 fully saturated rings. The van der Waals surface area contributed by atoms with Crippen molar-refractivity contribution in [2.24, 2.45) is 10.3 Å². The lowest BCUT2D eigenvalue weighted by Gasteiger charge is -1.80. The number of hydrogen-bond acceptors (Lipinski definition) is 5. The Morgan fingerprint density at radius 3 is 1.91 bits per heavy atom. The zero-order valence-corrected chi connectivity index (χ0v) is 5.51. The summed E-state index contributed by atoms with van der Waals surface area (Å²) >= 11 is 0. The normalized spacial score (nSPS) is 11.6. The maximum Gasteiger partial charge on any atom is 0.149 e. The Morgan fingerprint density at radius 2 is 1.55 bits per heavy atom. The first-order chi connectivity index (χ1) is 5.36. The summed E-state index contributed by atoms with van der Waals surface area (Å²) < 4.78 is 4.95. The molecule has 1 aromatic heterocycles. The van der Waals surface area contributed by atoms with Gasteiger partial charge in [0, 0.05) is 0 Å². The second kappa shape index (κ2) is 3.40. The largest absolute Gasteiger partial charge is 0.454 e. The van der Waals surface area contributed by atoms with Crippen molar-refractivity contribution in [2.45, 2.75) is 0 Å². The average Bonchev–Trinajstić information content (AvgIpc) is 2.38. The molecule has 0 aliphatic rings. The molecule has 58 valence electrons. The van der Waals surface area contributed by atoms with Gasteiger partial charge in [-0.2, -0.15) is 0 Å². The summed E-state index contributed by atoms with van der Waals surface area (Å²) in [4.78, 5) is 0. The topological polar surface area (TPSA) is 78.3 Å². The molecule has 11 heavy (non-hydrogen) atoms. The van der Waals surface area contributed by atoms with Crippen molar-refractivity contribution in [3.8, 4) is 0 Å². The van der Waals surface area contributed by atoms with Gasteiger partial charge < -0.3 is 14.8 Å². The lowest BCUT2D eigenvalue weighted by Crippen LogP contribution is -1.75. The fourth-order valence-electron chi connectivity index (χ4n) is 0.621. The summed E-state index contributed by atoms with van der Waals surface area (Å²) in [5, 5.41) is 21.7. The maximum absolute atomic E-state index is 8.09. The van der Waals surface area contributed by atoms with E-state index in [1.807, 2.05) is 0 Å². The van der Waals surface area contributed by atoms with Crippen LogP contribution in [0.3, 0.4) is 0 Å². The highest BCUT2D eigenvalue weighted by Gasteiger charge is 1.95. The van der Waals surface area contributed by atoms with Crippen molar-refractivity contribution < 1.29 is 14.8 Å². The summed E-state index contributed by atoms with van der Waals surface area (Å²) in [7, 11) is 0. The standard InChI is InChI=1S/C6H6N2O3/c9-7-3-5-1-2-6(11-5)4-8-10/h1-4,9-10H/b7-3-,8-4+. The van der Waals surface area contributed by atoms with Gasteiger partial charge in [-0.1, -0.05) is 10.3 Å². The van der Waals surface area contributed by atoms with E-state index in [4.69, 9.17) is 14.8 Å². The minimum Gasteiger partial charge on any atom is -0.454 e. The lowest BCUT2D eigenvalue weighted by atomic mass is 10.4. The Morgan fingerprint density at radius 1 is 1.09 bits per heavy atom. The van der Waals surface area contributed by atoms with E-state index in [2.05, 4.69) is 10.3 Å². The number of rotatable bonds is 2. The summed E-state index contributed by atoms with van der Waals surface area (Å²) in [6.07, 6.45) is 2.27. The molecule has 0 amide bonds. The molecule has 0 unspecified atom stereocenters. The molecule has 0 bridgehead atoms. The molecule has 1 aromatic rings. The molecule has 2 N–H and O–H groups in total. The molecular weight excluding hydrogens is 148 g/mol. The van der Waals surface area contributed by atoms with E-state index in [0.717, 1.165) is 12.4 Å². The van der Waals surface area contributed by atoms with Crippen LogP contribution in [0.4, 0.5) is 0 Å². The second-order valence-corrected chi connectivity index (χ2v) is 1.73. The van der Waals surface area contributed by atoms with Gasteiger partial charge >= 0.3 is 0 Å². The van der Waals surface area contributed by atoms with Crippen LogP contribution in [0.5, 0.6) is 0 Å². The van der Waals surface area contributed by atoms with E-state index in [1.165, 1.54) is 0 Å². The smallest absolute Gasteiger partial charge is 0.149 e. The summed E-state index contributed by atoms with van der Waals surface area (Å²) in [5.74, 6) is 0.782. The fraction of sp³-hybridized carbons (Fsp3) is 0. The highest BCUT2D eigenvalue weighted by molar-refractivity contribution is 5.80. The quantitative estimate of drug-likeness (QED) is 0.377. The minimum absolute atomic E-state index is 0.391. The zero-order chi connectivity index (χ0) is 8.10. The monoisotopic (exact) mass is 154 g/mol. The van der Waals surface area contributed by atoms with Gasteiger partial charge in [0.2, 0.25) is 0 Å². The molecule has 0 aromatic carbocycles. The van der Waals surface area contributed by atoms with Crippen molar-refractivity contribution in [1.82, 2.24) is 0 Å². The Kier molecular flexibility index (Phi) is 2.27. The van der Waals surface area contributed by atoms with Gasteiger partial charge in [-0.05, 0) is 12.1 Å². The molecule has 0 aliphatic heterocycles. The molecule has 0 aliphatic carbocycles. The summed E-state index contributed by atoms with van der Waals surface area (Å²) in [5.41, 5.74) is 0. The van der Waals surface area contributed by atoms with Crippen molar-refractivity contribution in [3.63, 3.8) is 0 Å². The van der Waals surface area contributed by atoms with E-state index in [-0.39, 0.29) is 0 Å². The second-order valence-electron chi connectivity index (χ2n) is 1.73. The lowest BCUT2D eigenvalue weighted by molar-refractivity contribution is 0.319. The fourth-order valence-corrected chi connectivity index (χ4v) is 0.621. The maximum atomic E-state index is 8.09. The number of oxime groups is 2. The van der Waals surface area contributed by atoms with Crippen molar-refractivity contribution in [3.05, 3.63) is 23.7 Å². The zero-order valence-electron chi connectivity index (χ0n) is 5.51. The SMILES string of the molecule is O/N=C\c1ccc(/C=N/O)o1. The highest BCUT2D eigenvalue weighted by Crippen LogP contribution is 2.02. The predicted octanol–water partition coefficient (Wildman–Crippen LogP) is 0.896. The van der Waals surface area contributed by atoms with Gasteiger partial charge in [-0.25, -0.2) is 0 Å². The molecule has 1 heterocycles. The predicted molar refractivity (Wildman–Crippen MR) is 37.5 cm³/mol. The van der Waals surface area contributed by atoms with Gasteiger partial charge in [0.05, 0.1) is 0 Å². The van der Waals surface area contributed by atoms with Crippen LogP contribution in [-0.4, -0.2) is 22.8 Å². The van der Waals surface area contributed by atoms with Crippen molar-refractivity contribution >= 4 is 12.4 Å². The molecular formula is C6H6N2O3. The van der Waals surface area contributed by atoms with E-state index in [9.17, 15) is 0 Å². The number of furan rings is 1. The van der Waals surface area contributed by atoms with Gasteiger partial charge in [0.25, 0.3) is 0 Å². The van der Waals surface area contributed by atoms with Crippen LogP contribution in [0.2, 0.25) is 0 Å². The van der Waals surface area contributed by atoms with Crippen LogP contribution in [0.25, 0.3) is 0 Å². The van der Waals surface area contributed by atoms with E-state index in [0.29, 0.717) is 11.5 Å². The van der Waals surface area contributed by atoms with E-state index in [1.54, 1.807) is 12.1 Å². The first-order valence-electron chi connectivity index (χ1n) is 2.81. The van der Waals surface area contributed by atoms with Crippen molar-refractivity contribution in [1.29, 1.82) is 0 Å². The minimum atomic E-state index is 0.391. The summed E-state index contributed by atoms with van der Waals surface area (Å²) in [6.45, 7) is 0. The molecule has 5 nitrogen and oxygen atoms in total. The molecule has 0 saturated carbocycles. The Hall–Kier alpha value is -1.78. The van der Waals surface area contributed by atoms with Crippen LogP contribution in [0.1, 0.15) is 11.5 Å². The third kappa shape index (κ3) is 1.82. The van der Waals surface area contributed by atoms with Gasteiger partial charge in [0.1, 0.15) is 23.9 Å². The van der Waals surface area contributed by atoms with Crippen LogP contribution in [0, 0.1) is 0 Å². The van der Waals surface area contributed by atoms with E-state index < -0.39 is 0 Å². The van der Waals surface area contributed by atoms with Gasteiger partial charge in [-0.15, -0.1) is 0 Å². The van der Waals surface area contributed by atoms with Crippen LogP contribution in [0.15, 0.2) is 26.9 Å². The van der Waals surface area contributed by atoms with Crippen LogP contribution >= 0.6 is 0 Å². The van der Waals surface area contributed by atoms with Crippen molar-refractivity contribution in [2.75, 3.05) is 0 Å². The number of nitrogens with zero attached hydrogens (tertiary/aromatic N) is 2. The van der Waals surface area contributed by atoms with Crippen LogP contribution < -0.4 is 0 Å². The Balaban J connectivity index is 2.81. The number of hydrogen-bond donors (Lipinski definition) is 2. The highest BCUT2D eigenvalue weighted by atomic mass is 16.4.